The Morgan fingerprint density at radius 1 is 0.853 bits per heavy atom. The van der Waals surface area contributed by atoms with Gasteiger partial charge < -0.3 is 50.8 Å². The van der Waals surface area contributed by atoms with Gasteiger partial charge in [-0.15, -0.1) is 0 Å². The molecule has 15 nitrogen and oxygen atoms in total. The van der Waals surface area contributed by atoms with E-state index in [0.29, 0.717) is 59.6 Å². The second-order valence-corrected chi connectivity index (χ2v) is 17.8. The van der Waals surface area contributed by atoms with E-state index in [1.807, 2.05) is 18.2 Å². The molecule has 354 valence electrons. The molecule has 5 aromatic carbocycles. The van der Waals surface area contributed by atoms with Crippen molar-refractivity contribution in [2.24, 2.45) is 5.92 Å². The molecular formula is C53H57N5O10. The van der Waals surface area contributed by atoms with Crippen molar-refractivity contribution >= 4 is 28.7 Å². The summed E-state index contributed by atoms with van der Waals surface area (Å²) in [6.07, 6.45) is 2.64. The number of carbonyl (C=O) groups is 3. The molecule has 8 N–H and O–H groups in total. The maximum absolute atomic E-state index is 13.2. The number of nitrogens with zero attached hydrogens (tertiary/aromatic N) is 1. The van der Waals surface area contributed by atoms with Crippen LogP contribution in [0.1, 0.15) is 75.5 Å². The van der Waals surface area contributed by atoms with E-state index in [1.165, 1.54) is 30.9 Å². The van der Waals surface area contributed by atoms with E-state index in [1.54, 1.807) is 60.7 Å². The molecule has 15 heteroatoms. The van der Waals surface area contributed by atoms with Gasteiger partial charge in [0.25, 0.3) is 11.8 Å². The Bertz CT molecular complexity index is 2800. The lowest BCUT2D eigenvalue weighted by Crippen LogP contribution is -2.54. The van der Waals surface area contributed by atoms with Gasteiger partial charge in [-0.2, -0.15) is 0 Å². The number of benzene rings is 5. The zero-order chi connectivity index (χ0) is 47.8. The number of aliphatic hydroxyl groups excluding tert-OH is 1. The number of hydrogen-bond acceptors (Lipinski definition) is 11. The molecule has 0 radical (unpaired) electrons. The van der Waals surface area contributed by atoms with E-state index >= 15 is 0 Å². The number of carbonyl (C=O) groups excluding carboxylic acids is 2. The summed E-state index contributed by atoms with van der Waals surface area (Å²) in [5, 5.41) is 53.3. The van der Waals surface area contributed by atoms with E-state index in [-0.39, 0.29) is 65.2 Å². The summed E-state index contributed by atoms with van der Waals surface area (Å²) < 4.78 is 11.4. The van der Waals surface area contributed by atoms with Gasteiger partial charge in [0.1, 0.15) is 17.2 Å². The molecule has 0 bridgehead atoms. The van der Waals surface area contributed by atoms with Crippen LogP contribution in [-0.4, -0.2) is 93.5 Å². The standard InChI is InChI=1S/C53H57N5O10/c1-67-47-25-36(14-15-37(47)29-54-30-46(60)42-16-18-45(59)50-43(42)17-19-48(61)57-50)51(63)56-40-27-39(28-40)55-49(62)32-68-41-12-7-11-38(26-41)53(66,52(64)65)44-13-6-5-10-35(44)24-33-20-22-58(23-21-33)31-34-8-3-2-4-9-34/h2-19,25-26,33,39-40,46,54,59-60,66H,20-24,27-32H2,1H3,(H,55,62)(H,56,63)(H,57,61)(H,64,65)/t39?,40?,46-,53?/m0/s1. The number of carboxylic acids is 1. The molecule has 1 aliphatic carbocycles. The Labute approximate surface area is 393 Å². The molecular weight excluding hydrogens is 867 g/mol. The van der Waals surface area contributed by atoms with Gasteiger partial charge in [0.2, 0.25) is 11.2 Å². The monoisotopic (exact) mass is 923 g/mol. The van der Waals surface area contributed by atoms with Crippen LogP contribution in [0, 0.1) is 5.92 Å². The number of piperidine rings is 1. The molecule has 1 saturated heterocycles. The number of H-pyrrole nitrogens is 1. The summed E-state index contributed by atoms with van der Waals surface area (Å²) in [5.74, 6) is -1.13. The molecule has 2 heterocycles. The molecule has 2 aliphatic rings. The SMILES string of the molecule is COc1cc(C(=O)NC2CC(NC(=O)COc3cccc(C(O)(C(=O)O)c4ccccc4CC4CCN(Cc5ccccc5)CC4)c3)C2)ccc1CNC[C@H](O)c1ccc(O)c2[nH]c(=O)ccc12. The molecule has 2 amide bonds. The maximum Gasteiger partial charge on any atom is 0.345 e. The minimum absolute atomic E-state index is 0.0906. The van der Waals surface area contributed by atoms with Gasteiger partial charge >= 0.3 is 5.97 Å². The van der Waals surface area contributed by atoms with Crippen LogP contribution in [0.15, 0.2) is 126 Å². The third-order valence-corrected chi connectivity index (χ3v) is 13.1. The first-order chi connectivity index (χ1) is 32.9. The summed E-state index contributed by atoms with van der Waals surface area (Å²) in [4.78, 5) is 55.9. The molecule has 1 unspecified atom stereocenters. The highest BCUT2D eigenvalue weighted by atomic mass is 16.5. The third kappa shape index (κ3) is 11.0. The van der Waals surface area contributed by atoms with Gasteiger partial charge in [-0.25, -0.2) is 4.79 Å². The van der Waals surface area contributed by atoms with Crippen LogP contribution in [-0.2, 0) is 34.7 Å². The molecule has 68 heavy (non-hydrogen) atoms. The van der Waals surface area contributed by atoms with Crippen molar-refractivity contribution in [2.75, 3.05) is 33.4 Å². The zero-order valence-corrected chi connectivity index (χ0v) is 37.8. The molecule has 2 fully saturated rings. The topological polar surface area (TPSA) is 223 Å². The number of rotatable bonds is 19. The Balaban J connectivity index is 0.792. The normalized spacial score (nSPS) is 17.6. The van der Waals surface area contributed by atoms with Crippen molar-refractivity contribution in [3.8, 4) is 17.2 Å². The highest BCUT2D eigenvalue weighted by Gasteiger charge is 2.42. The number of aliphatic hydroxyl groups is 2. The number of nitrogens with one attached hydrogen (secondary N) is 4. The summed E-state index contributed by atoms with van der Waals surface area (Å²) in [5.41, 5.74) is 1.70. The molecule has 8 rings (SSSR count). The van der Waals surface area contributed by atoms with E-state index in [0.717, 1.165) is 43.6 Å². The predicted molar refractivity (Wildman–Crippen MR) is 255 cm³/mol. The van der Waals surface area contributed by atoms with Crippen LogP contribution in [0.4, 0.5) is 0 Å². The number of aliphatic carboxylic acids is 1. The molecule has 2 atom stereocenters. The van der Waals surface area contributed by atoms with Gasteiger partial charge in [0.05, 0.1) is 18.7 Å². The number of phenolic OH excluding ortho intramolecular Hbond substituents is 1. The largest absolute Gasteiger partial charge is 0.506 e. The molecule has 1 aliphatic heterocycles. The fourth-order valence-corrected chi connectivity index (χ4v) is 9.33. The summed E-state index contributed by atoms with van der Waals surface area (Å²) in [7, 11) is 1.51. The summed E-state index contributed by atoms with van der Waals surface area (Å²) >= 11 is 0. The number of aromatic amines is 1. The van der Waals surface area contributed by atoms with Crippen molar-refractivity contribution in [3.05, 3.63) is 171 Å². The quantitative estimate of drug-likeness (QED) is 0.0519. The number of aromatic nitrogens is 1. The van der Waals surface area contributed by atoms with Crippen LogP contribution in [0.25, 0.3) is 10.9 Å². The van der Waals surface area contributed by atoms with Crippen molar-refractivity contribution in [3.63, 3.8) is 0 Å². The van der Waals surface area contributed by atoms with Gasteiger partial charge in [-0.3, -0.25) is 19.3 Å². The fourth-order valence-electron chi connectivity index (χ4n) is 9.33. The molecule has 1 aromatic heterocycles. The van der Waals surface area contributed by atoms with Crippen LogP contribution >= 0.6 is 0 Å². The van der Waals surface area contributed by atoms with Crippen molar-refractivity contribution < 1.29 is 44.3 Å². The van der Waals surface area contributed by atoms with E-state index in [9.17, 15) is 39.6 Å². The number of likely N-dealkylation sites (tertiary alicyclic amines) is 1. The number of fused-ring (bicyclic) bond motifs is 1. The lowest BCUT2D eigenvalue weighted by Gasteiger charge is -2.36. The number of amides is 2. The Hall–Kier alpha value is -7.04. The highest BCUT2D eigenvalue weighted by Crippen LogP contribution is 2.37. The number of hydrogen-bond donors (Lipinski definition) is 8. The summed E-state index contributed by atoms with van der Waals surface area (Å²) in [6.45, 7) is 2.92. The van der Waals surface area contributed by atoms with E-state index in [2.05, 4.69) is 50.1 Å². The molecule has 0 spiro atoms. The smallest absolute Gasteiger partial charge is 0.345 e. The first-order valence-electron chi connectivity index (χ1n) is 22.9. The summed E-state index contributed by atoms with van der Waals surface area (Å²) in [6, 6.07) is 34.4. The average Bonchev–Trinajstić information content (AvgIpc) is 3.33. The number of aromatic hydroxyl groups is 1. The minimum Gasteiger partial charge on any atom is -0.506 e. The fraction of sp³-hybridized carbons (Fsp3) is 0.321. The van der Waals surface area contributed by atoms with Gasteiger partial charge in [-0.05, 0) is 104 Å². The zero-order valence-electron chi connectivity index (χ0n) is 37.8. The van der Waals surface area contributed by atoms with Gasteiger partial charge in [0.15, 0.2) is 6.61 Å². The van der Waals surface area contributed by atoms with Crippen LogP contribution < -0.4 is 31.0 Å². The predicted octanol–water partition coefficient (Wildman–Crippen LogP) is 5.30. The second kappa shape index (κ2) is 21.3. The number of ether oxygens (including phenoxy) is 2. The van der Waals surface area contributed by atoms with Gasteiger partial charge in [0, 0.05) is 65.4 Å². The van der Waals surface area contributed by atoms with Gasteiger partial charge in [-0.1, -0.05) is 78.9 Å². The maximum atomic E-state index is 13.2. The second-order valence-electron chi connectivity index (χ2n) is 17.8. The first-order valence-corrected chi connectivity index (χ1v) is 22.9. The number of carboxylic acid groups (broad SMARTS) is 1. The van der Waals surface area contributed by atoms with Crippen LogP contribution in [0.5, 0.6) is 17.2 Å². The Morgan fingerprint density at radius 3 is 2.37 bits per heavy atom. The number of pyridine rings is 1. The molecule has 1 saturated carbocycles. The molecule has 6 aromatic rings. The number of phenols is 1. The lowest BCUT2D eigenvalue weighted by atomic mass is 9.80. The number of methoxy groups -OCH3 is 1. The lowest BCUT2D eigenvalue weighted by molar-refractivity contribution is -0.155. The third-order valence-electron chi connectivity index (χ3n) is 13.1. The van der Waals surface area contributed by atoms with Crippen LogP contribution in [0.2, 0.25) is 0 Å². The van der Waals surface area contributed by atoms with E-state index in [4.69, 9.17) is 9.47 Å². The average molecular weight is 924 g/mol. The van der Waals surface area contributed by atoms with E-state index < -0.39 is 17.7 Å². The van der Waals surface area contributed by atoms with Crippen molar-refractivity contribution in [1.29, 1.82) is 0 Å². The first kappa shape index (κ1) is 47.5. The Morgan fingerprint density at radius 2 is 1.60 bits per heavy atom. The minimum atomic E-state index is -2.36. The highest BCUT2D eigenvalue weighted by molar-refractivity contribution is 5.95. The Kier molecular flexibility index (Phi) is 14.9. The van der Waals surface area contributed by atoms with Crippen molar-refractivity contribution in [2.45, 2.75) is 69.0 Å². The van der Waals surface area contributed by atoms with Crippen molar-refractivity contribution in [1.82, 2.24) is 25.8 Å². The van der Waals surface area contributed by atoms with Crippen LogP contribution in [0.3, 0.4) is 0 Å².